The summed E-state index contributed by atoms with van der Waals surface area (Å²) >= 11 is 0. The van der Waals surface area contributed by atoms with E-state index in [0.717, 1.165) is 38.9 Å². The second-order valence-corrected chi connectivity index (χ2v) is 3.92. The Morgan fingerprint density at radius 2 is 2.15 bits per heavy atom. The zero-order chi connectivity index (χ0) is 9.68. The topological polar surface area (TPSA) is 35.2 Å². The van der Waals surface area contributed by atoms with Crippen molar-refractivity contribution in [1.29, 1.82) is 0 Å². The smallest absolute Gasteiger partial charge is 0.0469 e. The van der Waals surface area contributed by atoms with Gasteiger partial charge >= 0.3 is 0 Å². The van der Waals surface area contributed by atoms with E-state index < -0.39 is 0 Å². The largest absolute Gasteiger partial charge is 0.381 e. The van der Waals surface area contributed by atoms with Crippen molar-refractivity contribution < 1.29 is 4.74 Å². The van der Waals surface area contributed by atoms with Crippen LogP contribution in [0.25, 0.3) is 0 Å². The Kier molecular flexibility index (Phi) is 4.46. The van der Waals surface area contributed by atoms with Crippen LogP contribution in [0.15, 0.2) is 12.2 Å². The molecule has 1 unspecified atom stereocenters. The summed E-state index contributed by atoms with van der Waals surface area (Å²) in [5.41, 5.74) is 7.39. The monoisotopic (exact) mass is 183 g/mol. The quantitative estimate of drug-likeness (QED) is 0.677. The van der Waals surface area contributed by atoms with Crippen LogP contribution in [-0.4, -0.2) is 19.3 Å². The first-order chi connectivity index (χ1) is 6.24. The Morgan fingerprint density at radius 1 is 1.54 bits per heavy atom. The van der Waals surface area contributed by atoms with E-state index in [1.165, 1.54) is 5.57 Å². The van der Waals surface area contributed by atoms with E-state index >= 15 is 0 Å². The van der Waals surface area contributed by atoms with Gasteiger partial charge in [0.25, 0.3) is 0 Å². The molecule has 1 heterocycles. The van der Waals surface area contributed by atoms with Crippen LogP contribution in [0.4, 0.5) is 0 Å². The molecule has 1 saturated heterocycles. The molecule has 1 fully saturated rings. The number of hydrogen-bond acceptors (Lipinski definition) is 2. The molecule has 0 aliphatic carbocycles. The Balaban J connectivity index is 2.28. The minimum Gasteiger partial charge on any atom is -0.381 e. The number of nitrogens with two attached hydrogens (primary N) is 1. The molecule has 0 aromatic rings. The van der Waals surface area contributed by atoms with Crippen LogP contribution in [0.2, 0.25) is 0 Å². The molecule has 0 spiro atoms. The van der Waals surface area contributed by atoms with Crippen molar-refractivity contribution >= 4 is 0 Å². The average molecular weight is 183 g/mol. The van der Waals surface area contributed by atoms with Crippen LogP contribution in [0.5, 0.6) is 0 Å². The average Bonchev–Trinajstić information content (AvgIpc) is 2.19. The fraction of sp³-hybridized carbons (Fsp3) is 0.818. The van der Waals surface area contributed by atoms with Crippen molar-refractivity contribution in [3.05, 3.63) is 12.2 Å². The second kappa shape index (κ2) is 5.40. The standard InChI is InChI=1S/C11H21NO/c1-3-9(2)8-11(12)10-4-6-13-7-5-10/h10-11H,2-8,12H2,1H3. The van der Waals surface area contributed by atoms with Crippen molar-refractivity contribution in [1.82, 2.24) is 0 Å². The summed E-state index contributed by atoms with van der Waals surface area (Å²) in [7, 11) is 0. The molecule has 0 radical (unpaired) electrons. The first-order valence-electron chi connectivity index (χ1n) is 5.24. The van der Waals surface area contributed by atoms with Gasteiger partial charge in [0.2, 0.25) is 0 Å². The van der Waals surface area contributed by atoms with Crippen molar-refractivity contribution in [3.63, 3.8) is 0 Å². The maximum Gasteiger partial charge on any atom is 0.0469 e. The maximum atomic E-state index is 6.11. The molecule has 0 aromatic carbocycles. The van der Waals surface area contributed by atoms with E-state index in [2.05, 4.69) is 13.5 Å². The fourth-order valence-electron chi connectivity index (χ4n) is 1.79. The summed E-state index contributed by atoms with van der Waals surface area (Å²) in [4.78, 5) is 0. The SMILES string of the molecule is C=C(CC)CC(N)C1CCOCC1. The Bertz CT molecular complexity index is 161. The number of ether oxygens (including phenoxy) is 1. The minimum absolute atomic E-state index is 0.302. The third-order valence-corrected chi connectivity index (χ3v) is 2.90. The lowest BCUT2D eigenvalue weighted by atomic mass is 9.88. The molecule has 0 amide bonds. The summed E-state index contributed by atoms with van der Waals surface area (Å²) in [6.45, 7) is 7.91. The van der Waals surface area contributed by atoms with Crippen LogP contribution in [-0.2, 0) is 4.74 Å². The molecule has 0 aromatic heterocycles. The van der Waals surface area contributed by atoms with Gasteiger partial charge in [0.1, 0.15) is 0 Å². The van der Waals surface area contributed by atoms with Gasteiger partial charge in [-0.2, -0.15) is 0 Å². The first-order valence-corrected chi connectivity index (χ1v) is 5.24. The molecule has 1 rings (SSSR count). The maximum absolute atomic E-state index is 6.11. The Morgan fingerprint density at radius 3 is 2.69 bits per heavy atom. The van der Waals surface area contributed by atoms with Gasteiger partial charge in [0, 0.05) is 19.3 Å². The summed E-state index contributed by atoms with van der Waals surface area (Å²) in [5.74, 6) is 0.650. The summed E-state index contributed by atoms with van der Waals surface area (Å²) in [6.07, 6.45) is 4.29. The third kappa shape index (κ3) is 3.49. The molecule has 0 saturated carbocycles. The first kappa shape index (κ1) is 10.7. The van der Waals surface area contributed by atoms with Gasteiger partial charge in [-0.3, -0.25) is 0 Å². The molecule has 13 heavy (non-hydrogen) atoms. The summed E-state index contributed by atoms with van der Waals surface area (Å²) < 4.78 is 5.30. The molecule has 76 valence electrons. The Hall–Kier alpha value is -0.340. The van der Waals surface area contributed by atoms with Gasteiger partial charge in [-0.05, 0) is 31.6 Å². The molecular weight excluding hydrogens is 162 g/mol. The molecule has 1 aliphatic rings. The number of rotatable bonds is 4. The molecular formula is C11H21NO. The lowest BCUT2D eigenvalue weighted by molar-refractivity contribution is 0.0584. The van der Waals surface area contributed by atoms with Crippen LogP contribution in [0.1, 0.15) is 32.6 Å². The van der Waals surface area contributed by atoms with Crippen molar-refractivity contribution in [2.75, 3.05) is 13.2 Å². The highest BCUT2D eigenvalue weighted by atomic mass is 16.5. The van der Waals surface area contributed by atoms with Crippen LogP contribution >= 0.6 is 0 Å². The van der Waals surface area contributed by atoms with Crippen molar-refractivity contribution in [3.8, 4) is 0 Å². The molecule has 2 N–H and O–H groups in total. The van der Waals surface area contributed by atoms with E-state index in [-0.39, 0.29) is 0 Å². The van der Waals surface area contributed by atoms with E-state index in [4.69, 9.17) is 10.5 Å². The van der Waals surface area contributed by atoms with Crippen molar-refractivity contribution in [2.45, 2.75) is 38.6 Å². The fourth-order valence-corrected chi connectivity index (χ4v) is 1.79. The van der Waals surface area contributed by atoms with E-state index in [9.17, 15) is 0 Å². The van der Waals surface area contributed by atoms with E-state index in [1.54, 1.807) is 0 Å². The van der Waals surface area contributed by atoms with Gasteiger partial charge in [-0.25, -0.2) is 0 Å². The van der Waals surface area contributed by atoms with Gasteiger partial charge in [0.05, 0.1) is 0 Å². The highest BCUT2D eigenvalue weighted by molar-refractivity contribution is 4.97. The van der Waals surface area contributed by atoms with Gasteiger partial charge in [0.15, 0.2) is 0 Å². The summed E-state index contributed by atoms with van der Waals surface area (Å²) in [5, 5.41) is 0. The van der Waals surface area contributed by atoms with Gasteiger partial charge in [-0.15, -0.1) is 0 Å². The summed E-state index contributed by atoms with van der Waals surface area (Å²) in [6, 6.07) is 0.302. The van der Waals surface area contributed by atoms with Crippen LogP contribution < -0.4 is 5.73 Å². The normalized spacial score (nSPS) is 21.4. The molecule has 1 aliphatic heterocycles. The van der Waals surface area contributed by atoms with Gasteiger partial charge < -0.3 is 10.5 Å². The minimum atomic E-state index is 0.302. The third-order valence-electron chi connectivity index (χ3n) is 2.90. The zero-order valence-electron chi connectivity index (χ0n) is 8.59. The predicted molar refractivity (Wildman–Crippen MR) is 55.6 cm³/mol. The van der Waals surface area contributed by atoms with E-state index in [0.29, 0.717) is 12.0 Å². The molecule has 1 atom stereocenters. The van der Waals surface area contributed by atoms with Gasteiger partial charge in [-0.1, -0.05) is 19.1 Å². The number of hydrogen-bond donors (Lipinski definition) is 1. The lowest BCUT2D eigenvalue weighted by Crippen LogP contribution is -2.34. The molecule has 0 bridgehead atoms. The highest BCUT2D eigenvalue weighted by Crippen LogP contribution is 2.21. The van der Waals surface area contributed by atoms with E-state index in [1.807, 2.05) is 0 Å². The lowest BCUT2D eigenvalue weighted by Gasteiger charge is -2.27. The highest BCUT2D eigenvalue weighted by Gasteiger charge is 2.20. The molecule has 2 heteroatoms. The zero-order valence-corrected chi connectivity index (χ0v) is 8.59. The van der Waals surface area contributed by atoms with Crippen LogP contribution in [0.3, 0.4) is 0 Å². The van der Waals surface area contributed by atoms with Crippen molar-refractivity contribution in [2.24, 2.45) is 11.7 Å². The second-order valence-electron chi connectivity index (χ2n) is 3.92. The Labute approximate surface area is 81.1 Å². The predicted octanol–water partition coefficient (Wildman–Crippen LogP) is 2.10. The van der Waals surface area contributed by atoms with Crippen LogP contribution in [0, 0.1) is 5.92 Å². The molecule has 2 nitrogen and oxygen atoms in total.